The molecule has 1 N–H and O–H groups in total. The maximum absolute atomic E-state index is 5.04. The Labute approximate surface area is 73.3 Å². The van der Waals surface area contributed by atoms with E-state index in [0.717, 1.165) is 6.54 Å². The molecule has 1 rings (SSSR count). The van der Waals surface area contributed by atoms with E-state index < -0.39 is 0 Å². The molecule has 0 unspecified atom stereocenters. The van der Waals surface area contributed by atoms with Gasteiger partial charge in [-0.3, -0.25) is 0 Å². The highest BCUT2D eigenvalue weighted by molar-refractivity contribution is 5.17. The molecule has 0 spiro atoms. The monoisotopic (exact) mass is 168 g/mol. The van der Waals surface area contributed by atoms with Crippen LogP contribution in [0.15, 0.2) is 12.3 Å². The fraction of sp³-hybridized carbons (Fsp3) is 0.556. The third-order valence-corrected chi connectivity index (χ3v) is 1.83. The molecule has 0 aliphatic rings. The van der Waals surface area contributed by atoms with Crippen LogP contribution in [0.25, 0.3) is 0 Å². The van der Waals surface area contributed by atoms with Crippen molar-refractivity contribution < 1.29 is 4.74 Å². The normalized spacial score (nSPS) is 10.6. The van der Waals surface area contributed by atoms with E-state index in [-0.39, 0.29) is 0 Å². The van der Waals surface area contributed by atoms with E-state index in [2.05, 4.69) is 22.1 Å². The molecule has 1 aromatic heterocycles. The molecule has 0 aliphatic heterocycles. The third-order valence-electron chi connectivity index (χ3n) is 1.83. The predicted molar refractivity (Wildman–Crippen MR) is 48.9 cm³/mol. The van der Waals surface area contributed by atoms with Crippen LogP contribution in [0.2, 0.25) is 0 Å². The van der Waals surface area contributed by atoms with Gasteiger partial charge in [0.15, 0.2) is 0 Å². The summed E-state index contributed by atoms with van der Waals surface area (Å²) < 4.78 is 7.16. The Hall–Kier alpha value is -0.800. The summed E-state index contributed by atoms with van der Waals surface area (Å²) in [5.41, 5.74) is 2.51. The Morgan fingerprint density at radius 2 is 2.33 bits per heavy atom. The van der Waals surface area contributed by atoms with Gasteiger partial charge in [0, 0.05) is 32.6 Å². The molecule has 1 aromatic rings. The second-order valence-electron chi connectivity index (χ2n) is 2.91. The Balaban J connectivity index is 2.70. The smallest absolute Gasteiger partial charge is 0.0727 e. The van der Waals surface area contributed by atoms with Gasteiger partial charge in [-0.15, -0.1) is 0 Å². The summed E-state index contributed by atoms with van der Waals surface area (Å²) >= 11 is 0. The van der Waals surface area contributed by atoms with Crippen LogP contribution in [0.5, 0.6) is 0 Å². The first-order valence-corrected chi connectivity index (χ1v) is 4.05. The lowest BCUT2D eigenvalue weighted by Crippen LogP contribution is -2.08. The van der Waals surface area contributed by atoms with Crippen molar-refractivity contribution in [3.8, 4) is 0 Å². The van der Waals surface area contributed by atoms with E-state index in [9.17, 15) is 0 Å². The van der Waals surface area contributed by atoms with Crippen LogP contribution in [0, 0.1) is 0 Å². The summed E-state index contributed by atoms with van der Waals surface area (Å²) in [5, 5.41) is 3.12. The summed E-state index contributed by atoms with van der Waals surface area (Å²) in [7, 11) is 5.71. The van der Waals surface area contributed by atoms with E-state index in [1.165, 1.54) is 11.3 Å². The molecule has 0 aliphatic carbocycles. The van der Waals surface area contributed by atoms with Crippen LogP contribution >= 0.6 is 0 Å². The second kappa shape index (κ2) is 4.28. The number of hydrogen-bond donors (Lipinski definition) is 1. The van der Waals surface area contributed by atoms with Gasteiger partial charge in [-0.1, -0.05) is 0 Å². The molecule has 3 nitrogen and oxygen atoms in total. The minimum atomic E-state index is 0.692. The lowest BCUT2D eigenvalue weighted by Gasteiger charge is -1.99. The maximum atomic E-state index is 5.04. The van der Waals surface area contributed by atoms with Crippen LogP contribution in [-0.2, 0) is 24.9 Å². The molecule has 0 amide bonds. The van der Waals surface area contributed by atoms with Crippen molar-refractivity contribution >= 4 is 0 Å². The van der Waals surface area contributed by atoms with Crippen molar-refractivity contribution in [1.29, 1.82) is 0 Å². The van der Waals surface area contributed by atoms with Gasteiger partial charge in [-0.2, -0.15) is 0 Å². The molecule has 1 heterocycles. The lowest BCUT2D eigenvalue weighted by atomic mass is 10.3. The highest BCUT2D eigenvalue weighted by Crippen LogP contribution is 2.07. The Bertz CT molecular complexity index is 243. The summed E-state index contributed by atoms with van der Waals surface area (Å²) in [6.45, 7) is 1.60. The maximum Gasteiger partial charge on any atom is 0.0727 e. The van der Waals surface area contributed by atoms with Crippen molar-refractivity contribution in [3.63, 3.8) is 0 Å². The van der Waals surface area contributed by atoms with Gasteiger partial charge < -0.3 is 14.6 Å². The van der Waals surface area contributed by atoms with Gasteiger partial charge >= 0.3 is 0 Å². The number of nitrogens with one attached hydrogen (secondary N) is 1. The zero-order chi connectivity index (χ0) is 8.97. The van der Waals surface area contributed by atoms with Gasteiger partial charge in [-0.05, 0) is 18.7 Å². The largest absolute Gasteiger partial charge is 0.380 e. The summed E-state index contributed by atoms with van der Waals surface area (Å²) in [4.78, 5) is 0. The molecular formula is C9H16N2O. The molecule has 0 aromatic carbocycles. The third kappa shape index (κ3) is 2.09. The number of ether oxygens (including phenoxy) is 1. The quantitative estimate of drug-likeness (QED) is 0.722. The van der Waals surface area contributed by atoms with Gasteiger partial charge in [-0.25, -0.2) is 0 Å². The molecule has 0 radical (unpaired) electrons. The minimum Gasteiger partial charge on any atom is -0.380 e. The summed E-state index contributed by atoms with van der Waals surface area (Å²) in [6.07, 6.45) is 2.09. The first-order chi connectivity index (χ1) is 5.77. The topological polar surface area (TPSA) is 26.2 Å². The highest BCUT2D eigenvalue weighted by atomic mass is 16.5. The number of methoxy groups -OCH3 is 1. The number of nitrogens with zero attached hydrogens (tertiary/aromatic N) is 1. The summed E-state index contributed by atoms with van der Waals surface area (Å²) in [6, 6.07) is 2.15. The zero-order valence-corrected chi connectivity index (χ0v) is 7.92. The van der Waals surface area contributed by atoms with Crippen LogP contribution < -0.4 is 5.32 Å². The number of hydrogen-bond acceptors (Lipinski definition) is 2. The second-order valence-corrected chi connectivity index (χ2v) is 2.91. The fourth-order valence-corrected chi connectivity index (χ4v) is 1.29. The lowest BCUT2D eigenvalue weighted by molar-refractivity contribution is 0.185. The highest BCUT2D eigenvalue weighted by Gasteiger charge is 2.00. The SMILES string of the molecule is CNCc1cc(COC)cn1C. The van der Waals surface area contributed by atoms with Crippen molar-refractivity contribution in [3.05, 3.63) is 23.5 Å². The van der Waals surface area contributed by atoms with Crippen LogP contribution in [0.1, 0.15) is 11.3 Å². The van der Waals surface area contributed by atoms with Gasteiger partial charge in [0.2, 0.25) is 0 Å². The van der Waals surface area contributed by atoms with Gasteiger partial charge in [0.1, 0.15) is 0 Å². The molecule has 3 heteroatoms. The Morgan fingerprint density at radius 1 is 1.58 bits per heavy atom. The van der Waals surface area contributed by atoms with Crippen molar-refractivity contribution in [2.45, 2.75) is 13.2 Å². The molecule has 68 valence electrons. The van der Waals surface area contributed by atoms with Gasteiger partial charge in [0.05, 0.1) is 6.61 Å². The summed E-state index contributed by atoms with van der Waals surface area (Å²) in [5.74, 6) is 0. The Kier molecular flexibility index (Phi) is 3.31. The van der Waals surface area contributed by atoms with E-state index >= 15 is 0 Å². The first kappa shape index (κ1) is 9.29. The van der Waals surface area contributed by atoms with Crippen LogP contribution in [-0.4, -0.2) is 18.7 Å². The van der Waals surface area contributed by atoms with E-state index in [1.807, 2.05) is 14.1 Å². The molecule has 0 fully saturated rings. The standard InChI is InChI=1S/C9H16N2O/c1-10-5-9-4-8(7-12-3)6-11(9)2/h4,6,10H,5,7H2,1-3H3. The number of aryl methyl sites for hydroxylation is 1. The molecular weight excluding hydrogens is 152 g/mol. The first-order valence-electron chi connectivity index (χ1n) is 4.05. The number of aromatic nitrogens is 1. The predicted octanol–water partition coefficient (Wildman–Crippen LogP) is 0.891. The van der Waals surface area contributed by atoms with Crippen LogP contribution in [0.3, 0.4) is 0 Å². The molecule has 0 bridgehead atoms. The molecule has 0 saturated heterocycles. The Morgan fingerprint density at radius 3 is 2.92 bits per heavy atom. The van der Waals surface area contributed by atoms with Crippen molar-refractivity contribution in [2.24, 2.45) is 7.05 Å². The fourth-order valence-electron chi connectivity index (χ4n) is 1.29. The number of rotatable bonds is 4. The van der Waals surface area contributed by atoms with E-state index in [0.29, 0.717) is 6.61 Å². The van der Waals surface area contributed by atoms with E-state index in [4.69, 9.17) is 4.74 Å². The van der Waals surface area contributed by atoms with Crippen molar-refractivity contribution in [2.75, 3.05) is 14.2 Å². The van der Waals surface area contributed by atoms with Gasteiger partial charge in [0.25, 0.3) is 0 Å². The molecule has 0 saturated carbocycles. The zero-order valence-electron chi connectivity index (χ0n) is 7.92. The average molecular weight is 168 g/mol. The van der Waals surface area contributed by atoms with Crippen molar-refractivity contribution in [1.82, 2.24) is 9.88 Å². The molecule has 0 atom stereocenters. The van der Waals surface area contributed by atoms with Crippen LogP contribution in [0.4, 0.5) is 0 Å². The average Bonchev–Trinajstić information content (AvgIpc) is 2.34. The molecule has 12 heavy (non-hydrogen) atoms. The van der Waals surface area contributed by atoms with E-state index in [1.54, 1.807) is 7.11 Å². The minimum absolute atomic E-state index is 0.692.